The lowest BCUT2D eigenvalue weighted by Gasteiger charge is -2.39. The number of nitrogens with zero attached hydrogens (tertiary/aromatic N) is 1. The molecule has 0 atom stereocenters. The first-order chi connectivity index (χ1) is 12.3. The van der Waals surface area contributed by atoms with Gasteiger partial charge in [-0.25, -0.2) is 9.18 Å². The van der Waals surface area contributed by atoms with Gasteiger partial charge in [0.25, 0.3) is 0 Å². The smallest absolute Gasteiger partial charge is 0.333 e. The van der Waals surface area contributed by atoms with Gasteiger partial charge in [0, 0.05) is 25.3 Å². The van der Waals surface area contributed by atoms with Gasteiger partial charge >= 0.3 is 12.2 Å². The molecule has 4 nitrogen and oxygen atoms in total. The number of urea groups is 1. The molecule has 2 aromatic carbocycles. The number of carbonyl (C=O) groups is 1. The number of anilines is 1. The maximum Gasteiger partial charge on any atom is 0.419 e. The Hall–Kier alpha value is -2.61. The molecule has 138 valence electrons. The first kappa shape index (κ1) is 18.2. The van der Waals surface area contributed by atoms with Crippen molar-refractivity contribution in [3.8, 4) is 0 Å². The maximum absolute atomic E-state index is 13.2. The summed E-state index contributed by atoms with van der Waals surface area (Å²) < 4.78 is 51.3. The van der Waals surface area contributed by atoms with E-state index in [-0.39, 0.29) is 11.7 Å². The van der Waals surface area contributed by atoms with Crippen molar-refractivity contribution in [1.82, 2.24) is 10.2 Å². The highest BCUT2D eigenvalue weighted by atomic mass is 19.4. The number of likely N-dealkylation sites (tertiary alicyclic amines) is 1. The second kappa shape index (κ2) is 7.33. The Morgan fingerprint density at radius 2 is 1.81 bits per heavy atom. The van der Waals surface area contributed by atoms with E-state index in [4.69, 9.17) is 0 Å². The van der Waals surface area contributed by atoms with E-state index in [0.717, 1.165) is 12.6 Å². The molecule has 0 radical (unpaired) electrons. The zero-order valence-electron chi connectivity index (χ0n) is 13.7. The van der Waals surface area contributed by atoms with Crippen LogP contribution >= 0.6 is 0 Å². The van der Waals surface area contributed by atoms with Crippen molar-refractivity contribution < 1.29 is 22.4 Å². The molecule has 1 fully saturated rings. The van der Waals surface area contributed by atoms with Crippen molar-refractivity contribution >= 4 is 11.7 Å². The first-order valence-corrected chi connectivity index (χ1v) is 8.02. The van der Waals surface area contributed by atoms with Crippen LogP contribution in [-0.4, -0.2) is 30.1 Å². The minimum Gasteiger partial charge on any atom is -0.333 e. The summed E-state index contributed by atoms with van der Waals surface area (Å²) in [5.74, 6) is -1.38. The quantitative estimate of drug-likeness (QED) is 0.807. The molecule has 26 heavy (non-hydrogen) atoms. The largest absolute Gasteiger partial charge is 0.419 e. The Morgan fingerprint density at radius 3 is 2.46 bits per heavy atom. The van der Waals surface area contributed by atoms with Crippen molar-refractivity contribution in [2.75, 3.05) is 18.4 Å². The molecule has 0 unspecified atom stereocenters. The van der Waals surface area contributed by atoms with Gasteiger partial charge in [-0.3, -0.25) is 4.90 Å². The zero-order chi connectivity index (χ0) is 18.7. The lowest BCUT2D eigenvalue weighted by Crippen LogP contribution is -2.59. The number of halogens is 4. The molecule has 3 rings (SSSR count). The average Bonchev–Trinajstić information content (AvgIpc) is 2.54. The van der Waals surface area contributed by atoms with Gasteiger partial charge in [-0.1, -0.05) is 30.3 Å². The summed E-state index contributed by atoms with van der Waals surface area (Å²) in [4.78, 5) is 14.0. The van der Waals surface area contributed by atoms with Crippen LogP contribution in [0.15, 0.2) is 48.5 Å². The monoisotopic (exact) mass is 367 g/mol. The molecule has 2 amide bonds. The molecule has 8 heteroatoms. The standard InChI is InChI=1S/C18H17F4N3O/c19-16-7-6-13(8-15(16)18(20,21)22)23-17(26)24-14-10-25(11-14)9-12-4-2-1-3-5-12/h1-8,14H,9-11H2,(H2,23,24,26). The number of hydrogen-bond donors (Lipinski definition) is 2. The van der Waals surface area contributed by atoms with Crippen LogP contribution in [0.5, 0.6) is 0 Å². The summed E-state index contributed by atoms with van der Waals surface area (Å²) >= 11 is 0. The van der Waals surface area contributed by atoms with E-state index in [1.165, 1.54) is 5.56 Å². The summed E-state index contributed by atoms with van der Waals surface area (Å²) in [6.07, 6.45) is -4.82. The van der Waals surface area contributed by atoms with Crippen LogP contribution in [0.1, 0.15) is 11.1 Å². The average molecular weight is 367 g/mol. The first-order valence-electron chi connectivity index (χ1n) is 8.02. The topological polar surface area (TPSA) is 44.4 Å². The van der Waals surface area contributed by atoms with Crippen molar-refractivity contribution in [1.29, 1.82) is 0 Å². The fourth-order valence-electron chi connectivity index (χ4n) is 2.80. The van der Waals surface area contributed by atoms with Crippen molar-refractivity contribution in [3.63, 3.8) is 0 Å². The molecule has 0 bridgehead atoms. The van der Waals surface area contributed by atoms with E-state index in [0.29, 0.717) is 25.2 Å². The van der Waals surface area contributed by atoms with E-state index in [1.54, 1.807) is 0 Å². The Labute approximate surface area is 147 Å². The molecule has 1 heterocycles. The molecule has 0 saturated carbocycles. The molecular weight excluding hydrogens is 350 g/mol. The molecule has 1 aliphatic rings. The minimum absolute atomic E-state index is 0.0822. The lowest BCUT2D eigenvalue weighted by molar-refractivity contribution is -0.139. The van der Waals surface area contributed by atoms with Crippen LogP contribution < -0.4 is 10.6 Å². The van der Waals surface area contributed by atoms with Gasteiger partial charge in [-0.15, -0.1) is 0 Å². The molecule has 2 N–H and O–H groups in total. The summed E-state index contributed by atoms with van der Waals surface area (Å²) in [7, 11) is 0. The van der Waals surface area contributed by atoms with Gasteiger partial charge in [0.1, 0.15) is 5.82 Å². The number of carbonyl (C=O) groups excluding carboxylic acids is 1. The summed E-state index contributed by atoms with van der Waals surface area (Å²) in [5, 5.41) is 5.00. The lowest BCUT2D eigenvalue weighted by atomic mass is 10.1. The number of benzene rings is 2. The van der Waals surface area contributed by atoms with Crippen molar-refractivity contribution in [2.45, 2.75) is 18.8 Å². The third kappa shape index (κ3) is 4.51. The third-order valence-corrected chi connectivity index (χ3v) is 4.07. The highest BCUT2D eigenvalue weighted by Crippen LogP contribution is 2.33. The SMILES string of the molecule is O=C(Nc1ccc(F)c(C(F)(F)F)c1)NC1CN(Cc2ccccc2)C1. The van der Waals surface area contributed by atoms with Crippen LogP contribution in [0.2, 0.25) is 0 Å². The number of alkyl halides is 3. The fraction of sp³-hybridized carbons (Fsp3) is 0.278. The van der Waals surface area contributed by atoms with Gasteiger partial charge < -0.3 is 10.6 Å². The minimum atomic E-state index is -4.82. The number of rotatable bonds is 4. The molecule has 2 aromatic rings. The molecule has 1 aliphatic heterocycles. The molecule has 1 saturated heterocycles. The highest BCUT2D eigenvalue weighted by molar-refractivity contribution is 5.89. The van der Waals surface area contributed by atoms with Crippen LogP contribution in [-0.2, 0) is 12.7 Å². The van der Waals surface area contributed by atoms with Gasteiger partial charge in [0.05, 0.1) is 11.6 Å². The molecular formula is C18H17F4N3O. The van der Waals surface area contributed by atoms with E-state index in [9.17, 15) is 22.4 Å². The summed E-state index contributed by atoms with van der Waals surface area (Å²) in [6, 6.07) is 11.5. The van der Waals surface area contributed by atoms with E-state index in [1.807, 2.05) is 30.3 Å². The Bertz CT molecular complexity index is 774. The highest BCUT2D eigenvalue weighted by Gasteiger charge is 2.34. The normalized spacial score (nSPS) is 15.4. The van der Waals surface area contributed by atoms with Gasteiger partial charge in [0.15, 0.2) is 0 Å². The maximum atomic E-state index is 13.2. The molecule has 0 aromatic heterocycles. The number of amides is 2. The second-order valence-electron chi connectivity index (χ2n) is 6.17. The fourth-order valence-corrected chi connectivity index (χ4v) is 2.80. The zero-order valence-corrected chi connectivity index (χ0v) is 13.7. The second-order valence-corrected chi connectivity index (χ2v) is 6.17. The summed E-state index contributed by atoms with van der Waals surface area (Å²) in [6.45, 7) is 2.08. The number of nitrogens with one attached hydrogen (secondary N) is 2. The predicted molar refractivity (Wildman–Crippen MR) is 89.1 cm³/mol. The van der Waals surface area contributed by atoms with Crippen LogP contribution in [0.3, 0.4) is 0 Å². The van der Waals surface area contributed by atoms with Crippen LogP contribution in [0.4, 0.5) is 28.0 Å². The van der Waals surface area contributed by atoms with Gasteiger partial charge in [0.2, 0.25) is 0 Å². The molecule has 0 spiro atoms. The van der Waals surface area contributed by atoms with E-state index in [2.05, 4.69) is 15.5 Å². The predicted octanol–water partition coefficient (Wildman–Crippen LogP) is 3.85. The van der Waals surface area contributed by atoms with E-state index >= 15 is 0 Å². The van der Waals surface area contributed by atoms with Crippen molar-refractivity contribution in [2.24, 2.45) is 0 Å². The Morgan fingerprint density at radius 1 is 1.12 bits per heavy atom. The Kier molecular flexibility index (Phi) is 5.13. The van der Waals surface area contributed by atoms with E-state index < -0.39 is 23.6 Å². The summed E-state index contributed by atoms with van der Waals surface area (Å²) in [5.41, 5.74) is -0.355. The third-order valence-electron chi connectivity index (χ3n) is 4.07. The Balaban J connectivity index is 1.48. The van der Waals surface area contributed by atoms with Crippen LogP contribution in [0, 0.1) is 5.82 Å². The van der Waals surface area contributed by atoms with Crippen LogP contribution in [0.25, 0.3) is 0 Å². The van der Waals surface area contributed by atoms with Crippen molar-refractivity contribution in [3.05, 3.63) is 65.5 Å². The number of hydrogen-bond acceptors (Lipinski definition) is 2. The molecule has 0 aliphatic carbocycles. The van der Waals surface area contributed by atoms with Gasteiger partial charge in [-0.2, -0.15) is 13.2 Å². The van der Waals surface area contributed by atoms with Gasteiger partial charge in [-0.05, 0) is 23.8 Å².